The highest BCUT2D eigenvalue weighted by Gasteiger charge is 2.33. The van der Waals surface area contributed by atoms with Gasteiger partial charge in [0.05, 0.1) is 12.0 Å². The predicted octanol–water partition coefficient (Wildman–Crippen LogP) is 8.91. The van der Waals surface area contributed by atoms with Gasteiger partial charge in [0, 0.05) is 5.92 Å². The normalized spacial score (nSPS) is 25.4. The molecule has 0 bridgehead atoms. The van der Waals surface area contributed by atoms with Gasteiger partial charge in [-0.1, -0.05) is 50.1 Å². The minimum atomic E-state index is -4.71. The molecule has 2 aromatic carbocycles. The molecule has 0 aliphatic heterocycles. The molecule has 0 spiro atoms. The Labute approximate surface area is 208 Å². The summed E-state index contributed by atoms with van der Waals surface area (Å²) in [5.41, 5.74) is 2.84. The molecule has 0 amide bonds. The standard InChI is InChI=1S/C29H31F5O2/c1-18-2-4-19(5-3-18)20-6-8-21(9-7-20)24-14-15-27(25(30)16-24)36-28(35)23-12-10-22(11-13-23)26(31)17-29(32,33)34/h6-9,14-19,22-23H,2-5,10-13H2,1H3/b26-17-. The summed E-state index contributed by atoms with van der Waals surface area (Å²) in [6, 6.07) is 12.6. The van der Waals surface area contributed by atoms with Crippen LogP contribution in [0.15, 0.2) is 54.4 Å². The van der Waals surface area contributed by atoms with E-state index in [1.807, 2.05) is 12.1 Å². The number of rotatable bonds is 5. The van der Waals surface area contributed by atoms with Gasteiger partial charge in [-0.3, -0.25) is 4.79 Å². The fraction of sp³-hybridized carbons (Fsp3) is 0.483. The second-order valence-corrected chi connectivity index (χ2v) is 10.3. The van der Waals surface area contributed by atoms with Crippen LogP contribution in [-0.4, -0.2) is 12.1 Å². The van der Waals surface area contributed by atoms with Gasteiger partial charge in [0.1, 0.15) is 5.83 Å². The van der Waals surface area contributed by atoms with Gasteiger partial charge in [0.2, 0.25) is 0 Å². The van der Waals surface area contributed by atoms with E-state index < -0.39 is 35.6 Å². The smallest absolute Gasteiger partial charge is 0.412 e. The lowest BCUT2D eigenvalue weighted by Gasteiger charge is -2.26. The maximum Gasteiger partial charge on any atom is 0.412 e. The van der Waals surface area contributed by atoms with Gasteiger partial charge in [-0.25, -0.2) is 8.78 Å². The Morgan fingerprint density at radius 3 is 2.03 bits per heavy atom. The summed E-state index contributed by atoms with van der Waals surface area (Å²) in [6.45, 7) is 2.29. The van der Waals surface area contributed by atoms with E-state index in [4.69, 9.17) is 4.74 Å². The molecule has 2 aliphatic rings. The van der Waals surface area contributed by atoms with Gasteiger partial charge in [0.15, 0.2) is 11.6 Å². The molecule has 2 fully saturated rings. The van der Waals surface area contributed by atoms with Crippen LogP contribution in [0.3, 0.4) is 0 Å². The Morgan fingerprint density at radius 1 is 0.861 bits per heavy atom. The highest BCUT2D eigenvalue weighted by atomic mass is 19.4. The fourth-order valence-corrected chi connectivity index (χ4v) is 5.38. The van der Waals surface area contributed by atoms with Crippen LogP contribution in [0.2, 0.25) is 0 Å². The summed E-state index contributed by atoms with van der Waals surface area (Å²) in [5, 5.41) is 0. The molecule has 7 heteroatoms. The van der Waals surface area contributed by atoms with Crippen LogP contribution in [-0.2, 0) is 4.79 Å². The number of hydrogen-bond acceptors (Lipinski definition) is 2. The van der Waals surface area contributed by atoms with Crippen LogP contribution in [0, 0.1) is 23.6 Å². The maximum atomic E-state index is 14.8. The second-order valence-electron chi connectivity index (χ2n) is 10.3. The molecule has 0 atom stereocenters. The van der Waals surface area contributed by atoms with Crippen molar-refractivity contribution < 1.29 is 31.5 Å². The number of hydrogen-bond donors (Lipinski definition) is 0. The van der Waals surface area contributed by atoms with E-state index in [0.29, 0.717) is 11.5 Å². The van der Waals surface area contributed by atoms with E-state index in [2.05, 4.69) is 19.1 Å². The van der Waals surface area contributed by atoms with Gasteiger partial charge in [-0.05, 0) is 79.2 Å². The second kappa shape index (κ2) is 11.1. The first-order chi connectivity index (χ1) is 17.1. The number of allylic oxidation sites excluding steroid dienone is 2. The lowest BCUT2D eigenvalue weighted by atomic mass is 9.79. The van der Waals surface area contributed by atoms with E-state index in [0.717, 1.165) is 11.5 Å². The van der Waals surface area contributed by atoms with Crippen molar-refractivity contribution in [3.63, 3.8) is 0 Å². The van der Waals surface area contributed by atoms with Crippen molar-refractivity contribution in [1.82, 2.24) is 0 Å². The largest absolute Gasteiger partial charge is 0.423 e. The summed E-state index contributed by atoms with van der Waals surface area (Å²) in [7, 11) is 0. The first kappa shape index (κ1) is 26.4. The lowest BCUT2D eigenvalue weighted by Crippen LogP contribution is -2.26. The van der Waals surface area contributed by atoms with Gasteiger partial charge in [0.25, 0.3) is 0 Å². The predicted molar refractivity (Wildman–Crippen MR) is 129 cm³/mol. The number of ether oxygens (including phenoxy) is 1. The third-order valence-electron chi connectivity index (χ3n) is 7.63. The zero-order chi connectivity index (χ0) is 25.9. The quantitative estimate of drug-likeness (QED) is 0.230. The molecule has 0 radical (unpaired) electrons. The van der Waals surface area contributed by atoms with E-state index in [-0.39, 0.29) is 37.5 Å². The van der Waals surface area contributed by atoms with Crippen LogP contribution in [0.1, 0.15) is 69.8 Å². The third-order valence-corrected chi connectivity index (χ3v) is 7.63. The molecular formula is C29H31F5O2. The highest BCUT2D eigenvalue weighted by Crippen LogP contribution is 2.38. The number of carbonyl (C=O) groups excluding carboxylic acids is 1. The molecule has 0 N–H and O–H groups in total. The molecule has 2 nitrogen and oxygen atoms in total. The first-order valence-electron chi connectivity index (χ1n) is 12.7. The van der Waals surface area contributed by atoms with Crippen molar-refractivity contribution in [2.75, 3.05) is 0 Å². The average Bonchev–Trinajstić information content (AvgIpc) is 2.85. The summed E-state index contributed by atoms with van der Waals surface area (Å²) in [6.07, 6.45) is 0.424. The maximum absolute atomic E-state index is 14.8. The van der Waals surface area contributed by atoms with Gasteiger partial charge >= 0.3 is 12.1 Å². The van der Waals surface area contributed by atoms with Crippen LogP contribution in [0.4, 0.5) is 22.0 Å². The van der Waals surface area contributed by atoms with Crippen molar-refractivity contribution in [2.24, 2.45) is 17.8 Å². The van der Waals surface area contributed by atoms with Crippen molar-refractivity contribution >= 4 is 5.97 Å². The molecule has 0 unspecified atom stereocenters. The van der Waals surface area contributed by atoms with Gasteiger partial charge in [-0.2, -0.15) is 13.2 Å². The van der Waals surface area contributed by atoms with E-state index in [1.54, 1.807) is 6.07 Å². The topological polar surface area (TPSA) is 26.3 Å². The Balaban J connectivity index is 1.34. The molecular weight excluding hydrogens is 475 g/mol. The molecule has 4 rings (SSSR count). The van der Waals surface area contributed by atoms with Crippen molar-refractivity contribution in [2.45, 2.75) is 70.4 Å². The Kier molecular flexibility index (Phi) is 8.16. The number of benzene rings is 2. The minimum absolute atomic E-state index is 0.107. The molecule has 2 saturated carbocycles. The molecule has 2 aromatic rings. The Hall–Kier alpha value is -2.70. The summed E-state index contributed by atoms with van der Waals surface area (Å²) < 4.78 is 70.9. The summed E-state index contributed by atoms with van der Waals surface area (Å²) in [4.78, 5) is 12.5. The molecule has 36 heavy (non-hydrogen) atoms. The average molecular weight is 507 g/mol. The van der Waals surface area contributed by atoms with Crippen LogP contribution < -0.4 is 4.74 Å². The Morgan fingerprint density at radius 2 is 1.44 bits per heavy atom. The van der Waals surface area contributed by atoms with Gasteiger partial charge < -0.3 is 4.74 Å². The first-order valence-corrected chi connectivity index (χ1v) is 12.7. The number of halogens is 5. The number of esters is 1. The van der Waals surface area contributed by atoms with Crippen molar-refractivity contribution in [1.29, 1.82) is 0 Å². The fourth-order valence-electron chi connectivity index (χ4n) is 5.38. The summed E-state index contributed by atoms with van der Waals surface area (Å²) in [5.74, 6) is -2.82. The number of carbonyl (C=O) groups is 1. The van der Waals surface area contributed by atoms with Crippen molar-refractivity contribution in [3.05, 3.63) is 65.7 Å². The lowest BCUT2D eigenvalue weighted by molar-refractivity contribution is -0.140. The van der Waals surface area contributed by atoms with Crippen molar-refractivity contribution in [3.8, 4) is 16.9 Å². The zero-order valence-electron chi connectivity index (χ0n) is 20.3. The van der Waals surface area contributed by atoms with E-state index >= 15 is 0 Å². The molecule has 0 heterocycles. The SMILES string of the molecule is CC1CCC(c2ccc(-c3ccc(OC(=O)C4CCC(/C(F)=C/C(F)(F)F)CC4)c(F)c3)cc2)CC1. The van der Waals surface area contributed by atoms with Crippen LogP contribution in [0.5, 0.6) is 5.75 Å². The third kappa shape index (κ3) is 6.74. The monoisotopic (exact) mass is 506 g/mol. The molecule has 0 aromatic heterocycles. The Bertz CT molecular complexity index is 1070. The summed E-state index contributed by atoms with van der Waals surface area (Å²) >= 11 is 0. The molecule has 2 aliphatic carbocycles. The van der Waals surface area contributed by atoms with Crippen LogP contribution in [0.25, 0.3) is 11.1 Å². The van der Waals surface area contributed by atoms with E-state index in [9.17, 15) is 26.7 Å². The van der Waals surface area contributed by atoms with E-state index in [1.165, 1.54) is 43.4 Å². The van der Waals surface area contributed by atoms with Gasteiger partial charge in [-0.15, -0.1) is 0 Å². The zero-order valence-corrected chi connectivity index (χ0v) is 20.3. The number of alkyl halides is 3. The minimum Gasteiger partial charge on any atom is -0.423 e. The van der Waals surface area contributed by atoms with Crippen LogP contribution >= 0.6 is 0 Å². The molecule has 194 valence electrons. The molecule has 0 saturated heterocycles. The highest BCUT2D eigenvalue weighted by molar-refractivity contribution is 5.76.